The first-order valence-electron chi connectivity index (χ1n) is 12.3. The molecular weight excluding hydrogens is 552 g/mol. The highest BCUT2D eigenvalue weighted by molar-refractivity contribution is 6.43. The number of amides is 3. The molecule has 0 bridgehead atoms. The van der Waals surface area contributed by atoms with Gasteiger partial charge in [-0.15, -0.1) is 0 Å². The summed E-state index contributed by atoms with van der Waals surface area (Å²) in [7, 11) is -0.277. The molecule has 3 aromatic carbocycles. The molecule has 0 aliphatic rings. The van der Waals surface area contributed by atoms with Crippen molar-refractivity contribution in [2.24, 2.45) is 0 Å². The number of carbonyl (C=O) groups is 3. The number of nitrogens with one attached hydrogen (secondary N) is 2. The van der Waals surface area contributed by atoms with E-state index in [1.54, 1.807) is 62.5 Å². The molecule has 0 aromatic heterocycles. The van der Waals surface area contributed by atoms with Crippen molar-refractivity contribution in [2.45, 2.75) is 31.7 Å². The fourth-order valence-corrected chi connectivity index (χ4v) is 4.31. The molecule has 0 saturated heterocycles. The number of carbonyl (C=O) groups excluding carboxylic acids is 3. The van der Waals surface area contributed by atoms with E-state index >= 15 is 0 Å². The topological polar surface area (TPSA) is 119 Å². The second-order valence-corrected chi connectivity index (χ2v) is 9.83. The van der Waals surface area contributed by atoms with E-state index < -0.39 is 36.8 Å². The Labute approximate surface area is 243 Å². The maximum atomic E-state index is 13.5. The van der Waals surface area contributed by atoms with Gasteiger partial charge in [0.1, 0.15) is 6.04 Å². The van der Waals surface area contributed by atoms with Crippen LogP contribution in [0.15, 0.2) is 72.8 Å². The Morgan fingerprint density at radius 2 is 1.62 bits per heavy atom. The van der Waals surface area contributed by atoms with Crippen LogP contribution in [0.5, 0.6) is 0 Å². The predicted octanol–water partition coefficient (Wildman–Crippen LogP) is 3.06. The van der Waals surface area contributed by atoms with Crippen LogP contribution in [0.4, 0.5) is 5.69 Å². The minimum Gasteiger partial charge on any atom is -0.426 e. The average Bonchev–Trinajstić information content (AvgIpc) is 2.93. The van der Waals surface area contributed by atoms with E-state index in [0.717, 1.165) is 5.56 Å². The van der Waals surface area contributed by atoms with Gasteiger partial charge in [-0.25, -0.2) is 0 Å². The van der Waals surface area contributed by atoms with Crippen molar-refractivity contribution in [3.05, 3.63) is 99.5 Å². The monoisotopic (exact) mass is 579 g/mol. The van der Waals surface area contributed by atoms with Gasteiger partial charge in [0.05, 0.1) is 16.5 Å². The normalized spacial score (nSPS) is 11.8. The molecule has 3 rings (SSSR count). The molecule has 3 amide bonds. The molecule has 3 aromatic rings. The third kappa shape index (κ3) is 8.60. The van der Waals surface area contributed by atoms with Gasteiger partial charge in [-0.2, -0.15) is 0 Å². The predicted molar refractivity (Wildman–Crippen MR) is 157 cm³/mol. The van der Waals surface area contributed by atoms with Crippen LogP contribution < -0.4 is 15.5 Å². The fraction of sp³-hybridized carbons (Fsp3) is 0.207. The summed E-state index contributed by atoms with van der Waals surface area (Å²) < 4.78 is 0. The zero-order chi connectivity index (χ0) is 29.2. The summed E-state index contributed by atoms with van der Waals surface area (Å²) in [6.45, 7) is 1.56. The summed E-state index contributed by atoms with van der Waals surface area (Å²) in [5, 5.41) is 25.7. The van der Waals surface area contributed by atoms with E-state index in [4.69, 9.17) is 23.2 Å². The molecule has 206 valence electrons. The lowest BCUT2D eigenvalue weighted by molar-refractivity contribution is -0.123. The minimum atomic E-state index is -1.86. The lowest BCUT2D eigenvalue weighted by atomic mass is 9.75. The van der Waals surface area contributed by atoms with Crippen LogP contribution in [-0.2, 0) is 22.4 Å². The van der Waals surface area contributed by atoms with Crippen molar-refractivity contribution in [2.75, 3.05) is 11.9 Å². The molecule has 0 fully saturated rings. The van der Waals surface area contributed by atoms with Crippen molar-refractivity contribution in [1.29, 1.82) is 0 Å². The maximum Gasteiger partial charge on any atom is 0.475 e. The number of rotatable bonds is 10. The van der Waals surface area contributed by atoms with Gasteiger partial charge in [-0.3, -0.25) is 14.4 Å². The van der Waals surface area contributed by atoms with Crippen LogP contribution in [0.1, 0.15) is 28.4 Å². The van der Waals surface area contributed by atoms with Crippen molar-refractivity contribution in [1.82, 2.24) is 10.6 Å². The largest absolute Gasteiger partial charge is 0.475 e. The van der Waals surface area contributed by atoms with Crippen molar-refractivity contribution in [3.63, 3.8) is 0 Å². The second-order valence-electron chi connectivity index (χ2n) is 8.98. The van der Waals surface area contributed by atoms with Crippen LogP contribution in [0.2, 0.25) is 10.0 Å². The quantitative estimate of drug-likeness (QED) is 0.217. The van der Waals surface area contributed by atoms with Gasteiger partial charge < -0.3 is 25.6 Å². The van der Waals surface area contributed by atoms with Gasteiger partial charge in [0.15, 0.2) is 0 Å². The summed E-state index contributed by atoms with van der Waals surface area (Å²) in [6, 6.07) is 19.2. The smallest absolute Gasteiger partial charge is 0.426 e. The summed E-state index contributed by atoms with van der Waals surface area (Å²) >= 11 is 12.3. The number of benzene rings is 3. The Kier molecular flexibility index (Phi) is 11.2. The number of halogens is 2. The first kappa shape index (κ1) is 30.7. The van der Waals surface area contributed by atoms with Crippen LogP contribution in [0, 0.1) is 11.8 Å². The molecule has 0 spiro atoms. The third-order valence-corrected chi connectivity index (χ3v) is 6.62. The SMILES string of the molecule is CC#CC(=O)N(C)c1cccc(C[C@H](NC(=O)c2cc(Cl)ccc2Cl)C(=O)N[C@@H](Cc2ccccc2)B(O)O)c1. The highest BCUT2D eigenvalue weighted by Crippen LogP contribution is 2.21. The van der Waals surface area contributed by atoms with Crippen molar-refractivity contribution in [3.8, 4) is 11.8 Å². The molecule has 0 unspecified atom stereocenters. The lowest BCUT2D eigenvalue weighted by Gasteiger charge is -2.24. The molecular formula is C29H28BCl2N3O5. The molecule has 40 heavy (non-hydrogen) atoms. The number of anilines is 1. The zero-order valence-electron chi connectivity index (χ0n) is 21.9. The van der Waals surface area contributed by atoms with Crippen molar-refractivity contribution < 1.29 is 24.4 Å². The first-order valence-corrected chi connectivity index (χ1v) is 13.1. The average molecular weight is 580 g/mol. The molecule has 0 aliphatic heterocycles. The minimum absolute atomic E-state index is 0.0185. The lowest BCUT2D eigenvalue weighted by Crippen LogP contribution is -2.55. The number of hydrogen-bond acceptors (Lipinski definition) is 5. The van der Waals surface area contributed by atoms with Crippen molar-refractivity contribution >= 4 is 53.7 Å². The Balaban J connectivity index is 1.89. The highest BCUT2D eigenvalue weighted by Gasteiger charge is 2.30. The summed E-state index contributed by atoms with van der Waals surface area (Å²) in [4.78, 5) is 40.3. The Morgan fingerprint density at radius 3 is 2.30 bits per heavy atom. The van der Waals surface area contributed by atoms with E-state index in [-0.39, 0.29) is 28.5 Å². The van der Waals surface area contributed by atoms with E-state index in [2.05, 4.69) is 22.5 Å². The van der Waals surface area contributed by atoms with E-state index in [9.17, 15) is 24.4 Å². The van der Waals surface area contributed by atoms with Gasteiger partial charge in [-0.1, -0.05) is 71.6 Å². The van der Waals surface area contributed by atoms with Gasteiger partial charge in [0, 0.05) is 24.2 Å². The second kappa shape index (κ2) is 14.5. The van der Waals surface area contributed by atoms with E-state index in [0.29, 0.717) is 11.3 Å². The fourth-order valence-electron chi connectivity index (χ4n) is 3.93. The Bertz CT molecular complexity index is 1430. The molecule has 0 heterocycles. The van der Waals surface area contributed by atoms with E-state index in [1.165, 1.54) is 23.1 Å². The first-order chi connectivity index (χ1) is 19.1. The van der Waals surface area contributed by atoms with Crippen LogP contribution in [0.3, 0.4) is 0 Å². The molecule has 4 N–H and O–H groups in total. The molecule has 0 radical (unpaired) electrons. The number of nitrogens with zero attached hydrogens (tertiary/aromatic N) is 1. The summed E-state index contributed by atoms with van der Waals surface area (Å²) in [5.41, 5.74) is 2.03. The Hall–Kier alpha value is -3.81. The molecule has 0 saturated carbocycles. The maximum absolute atomic E-state index is 13.5. The van der Waals surface area contributed by atoms with Gasteiger partial charge in [0.25, 0.3) is 5.91 Å². The third-order valence-electron chi connectivity index (χ3n) is 6.06. The molecule has 8 nitrogen and oxygen atoms in total. The molecule has 0 aliphatic carbocycles. The highest BCUT2D eigenvalue weighted by atomic mass is 35.5. The number of hydrogen-bond donors (Lipinski definition) is 4. The van der Waals surface area contributed by atoms with Gasteiger partial charge in [-0.05, 0) is 60.7 Å². The standard InChI is InChI=1S/C29H28BCl2N3O5/c1-3-8-27(36)35(2)22-12-7-11-20(15-22)16-25(33-28(37)23-18-21(31)13-14-24(23)32)29(38)34-26(30(39)40)17-19-9-5-4-6-10-19/h4-7,9-15,18,25-26,39-40H,16-17H2,1-2H3,(H,33,37)(H,34,38)/t25-,26-/m0/s1. The van der Waals surface area contributed by atoms with E-state index in [1.807, 2.05) is 6.07 Å². The van der Waals surface area contributed by atoms with Crippen LogP contribution in [0.25, 0.3) is 0 Å². The summed E-state index contributed by atoms with van der Waals surface area (Å²) in [6.07, 6.45) is 0.163. The Morgan fingerprint density at radius 1 is 0.925 bits per heavy atom. The molecule has 2 atom stereocenters. The van der Waals surface area contributed by atoms with Crippen LogP contribution in [-0.4, -0.2) is 53.9 Å². The van der Waals surface area contributed by atoms with Gasteiger partial charge >= 0.3 is 13.0 Å². The van der Waals surface area contributed by atoms with Gasteiger partial charge in [0.2, 0.25) is 5.91 Å². The van der Waals surface area contributed by atoms with Crippen LogP contribution >= 0.6 is 23.2 Å². The summed E-state index contributed by atoms with van der Waals surface area (Å²) in [5.74, 6) is 2.30. The zero-order valence-corrected chi connectivity index (χ0v) is 23.4. The molecule has 11 heteroatoms.